The van der Waals surface area contributed by atoms with Gasteiger partial charge in [0.05, 0.1) is 19.4 Å². The highest BCUT2D eigenvalue weighted by Crippen LogP contribution is 2.11. The predicted molar refractivity (Wildman–Crippen MR) is 66.8 cm³/mol. The van der Waals surface area contributed by atoms with Gasteiger partial charge < -0.3 is 9.64 Å². The highest BCUT2D eigenvalue weighted by atomic mass is 32.1. The van der Waals surface area contributed by atoms with Crippen LogP contribution in [0.5, 0.6) is 0 Å². The summed E-state index contributed by atoms with van der Waals surface area (Å²) < 4.78 is 4.62. The number of hydrogen-bond donors (Lipinski definition) is 0. The Hall–Kier alpha value is -1.36. The Kier molecular flexibility index (Phi) is 5.15. The van der Waals surface area contributed by atoms with Gasteiger partial charge in [0.25, 0.3) is 0 Å². The van der Waals surface area contributed by atoms with Gasteiger partial charge in [0.15, 0.2) is 0 Å². The van der Waals surface area contributed by atoms with Crippen LogP contribution in [-0.2, 0) is 20.7 Å². The van der Waals surface area contributed by atoms with Crippen LogP contribution in [0.3, 0.4) is 0 Å². The lowest BCUT2D eigenvalue weighted by Crippen LogP contribution is -2.34. The molecule has 0 fully saturated rings. The molecule has 1 aromatic rings. The average Bonchev–Trinajstić information content (AvgIpc) is 2.80. The largest absolute Gasteiger partial charge is 0.469 e. The van der Waals surface area contributed by atoms with Crippen molar-refractivity contribution in [2.45, 2.75) is 13.3 Å². The fraction of sp³-hybridized carbons (Fsp3) is 0.500. The van der Waals surface area contributed by atoms with Crippen LogP contribution in [0.1, 0.15) is 11.8 Å². The fourth-order valence-corrected chi connectivity index (χ4v) is 2.18. The molecule has 1 unspecified atom stereocenters. The van der Waals surface area contributed by atoms with Crippen molar-refractivity contribution in [3.63, 3.8) is 0 Å². The maximum atomic E-state index is 11.8. The summed E-state index contributed by atoms with van der Waals surface area (Å²) in [6.45, 7) is 2.14. The first-order valence-electron chi connectivity index (χ1n) is 5.38. The van der Waals surface area contributed by atoms with Crippen molar-refractivity contribution in [1.29, 1.82) is 0 Å². The number of esters is 1. The summed E-state index contributed by atoms with van der Waals surface area (Å²) in [7, 11) is 3.06. The maximum Gasteiger partial charge on any atom is 0.310 e. The van der Waals surface area contributed by atoms with Crippen LogP contribution in [-0.4, -0.2) is 37.5 Å². The van der Waals surface area contributed by atoms with Crippen LogP contribution >= 0.6 is 11.3 Å². The van der Waals surface area contributed by atoms with Gasteiger partial charge in [0, 0.05) is 18.5 Å². The van der Waals surface area contributed by atoms with Crippen molar-refractivity contribution in [2.75, 3.05) is 20.7 Å². The molecule has 0 radical (unpaired) electrons. The van der Waals surface area contributed by atoms with E-state index in [2.05, 4.69) is 4.74 Å². The minimum Gasteiger partial charge on any atom is -0.469 e. The summed E-state index contributed by atoms with van der Waals surface area (Å²) in [6, 6.07) is 3.85. The van der Waals surface area contributed by atoms with Gasteiger partial charge in [0.2, 0.25) is 5.91 Å². The molecule has 17 heavy (non-hydrogen) atoms. The second-order valence-corrected chi connectivity index (χ2v) is 4.99. The number of carbonyl (C=O) groups excluding carboxylic acids is 2. The van der Waals surface area contributed by atoms with Crippen molar-refractivity contribution < 1.29 is 14.3 Å². The van der Waals surface area contributed by atoms with E-state index in [9.17, 15) is 9.59 Å². The van der Waals surface area contributed by atoms with Crippen LogP contribution < -0.4 is 0 Å². The number of nitrogens with zero attached hydrogens (tertiary/aromatic N) is 1. The standard InChI is InChI=1S/C12H17NO3S/c1-9(12(15)16-3)8-13(2)11(14)7-10-5-4-6-17-10/h4-6,9H,7-8H2,1-3H3. The van der Waals surface area contributed by atoms with Crippen molar-refractivity contribution in [2.24, 2.45) is 5.92 Å². The number of likely N-dealkylation sites (N-methyl/N-ethyl adjacent to an activating group) is 1. The zero-order valence-corrected chi connectivity index (χ0v) is 11.1. The molecule has 1 rings (SSSR count). The molecule has 4 nitrogen and oxygen atoms in total. The van der Waals surface area contributed by atoms with Crippen molar-refractivity contribution in [3.8, 4) is 0 Å². The van der Waals surface area contributed by atoms with E-state index >= 15 is 0 Å². The van der Waals surface area contributed by atoms with E-state index < -0.39 is 0 Å². The molecular weight excluding hydrogens is 238 g/mol. The van der Waals surface area contributed by atoms with Gasteiger partial charge in [-0.05, 0) is 11.4 Å². The molecule has 0 saturated carbocycles. The second-order valence-electron chi connectivity index (χ2n) is 3.95. The first kappa shape index (κ1) is 13.7. The molecule has 1 atom stereocenters. The number of hydrogen-bond acceptors (Lipinski definition) is 4. The van der Waals surface area contributed by atoms with Gasteiger partial charge in [-0.25, -0.2) is 0 Å². The molecule has 0 aliphatic rings. The summed E-state index contributed by atoms with van der Waals surface area (Å²) in [5.74, 6) is -0.568. The van der Waals surface area contributed by atoms with Crippen LogP contribution in [0.25, 0.3) is 0 Å². The molecule has 0 spiro atoms. The molecule has 0 aromatic carbocycles. The van der Waals surface area contributed by atoms with Gasteiger partial charge in [-0.15, -0.1) is 11.3 Å². The minimum absolute atomic E-state index is 0.0169. The molecule has 1 heterocycles. The Morgan fingerprint density at radius 1 is 1.53 bits per heavy atom. The minimum atomic E-state index is -0.294. The number of thiophene rings is 1. The van der Waals surface area contributed by atoms with Gasteiger partial charge in [-0.2, -0.15) is 0 Å². The molecule has 0 saturated heterocycles. The molecule has 1 aromatic heterocycles. The average molecular weight is 255 g/mol. The number of rotatable bonds is 5. The molecule has 5 heteroatoms. The topological polar surface area (TPSA) is 46.6 Å². The lowest BCUT2D eigenvalue weighted by atomic mass is 10.1. The Bertz CT molecular complexity index is 375. The summed E-state index contributed by atoms with van der Waals surface area (Å²) >= 11 is 1.56. The summed E-state index contributed by atoms with van der Waals surface area (Å²) in [6.07, 6.45) is 0.391. The van der Waals surface area contributed by atoms with Crippen LogP contribution in [0.15, 0.2) is 17.5 Å². The third-order valence-corrected chi connectivity index (χ3v) is 3.36. The monoisotopic (exact) mass is 255 g/mol. The van der Waals surface area contributed by atoms with E-state index in [4.69, 9.17) is 0 Å². The van der Waals surface area contributed by atoms with Crippen molar-refractivity contribution >= 4 is 23.2 Å². The van der Waals surface area contributed by atoms with E-state index in [1.54, 1.807) is 30.2 Å². The highest BCUT2D eigenvalue weighted by Gasteiger charge is 2.18. The number of ether oxygens (including phenoxy) is 1. The van der Waals surface area contributed by atoms with Gasteiger partial charge in [-0.3, -0.25) is 9.59 Å². The third-order valence-electron chi connectivity index (χ3n) is 2.48. The fourth-order valence-electron chi connectivity index (χ4n) is 1.49. The molecule has 0 N–H and O–H groups in total. The molecule has 1 amide bonds. The van der Waals surface area contributed by atoms with Crippen LogP contribution in [0.4, 0.5) is 0 Å². The summed E-state index contributed by atoms with van der Waals surface area (Å²) in [5.41, 5.74) is 0. The SMILES string of the molecule is COC(=O)C(C)CN(C)C(=O)Cc1cccs1. The molecular formula is C12H17NO3S. The van der Waals surface area contributed by atoms with Gasteiger partial charge in [-0.1, -0.05) is 13.0 Å². The number of carbonyl (C=O) groups is 2. The Labute approximate surface area is 105 Å². The van der Waals surface area contributed by atoms with E-state index in [1.807, 2.05) is 17.5 Å². The maximum absolute atomic E-state index is 11.8. The number of methoxy groups -OCH3 is 1. The summed E-state index contributed by atoms with van der Waals surface area (Å²) in [4.78, 5) is 25.7. The van der Waals surface area contributed by atoms with E-state index in [1.165, 1.54) is 7.11 Å². The Balaban J connectivity index is 2.44. The third kappa shape index (κ3) is 4.19. The first-order valence-corrected chi connectivity index (χ1v) is 6.26. The Morgan fingerprint density at radius 3 is 2.76 bits per heavy atom. The number of amides is 1. The molecule has 0 bridgehead atoms. The second kappa shape index (κ2) is 6.39. The van der Waals surface area contributed by atoms with E-state index in [-0.39, 0.29) is 17.8 Å². The normalized spacial score (nSPS) is 11.9. The summed E-state index contributed by atoms with van der Waals surface area (Å²) in [5, 5.41) is 1.94. The zero-order chi connectivity index (χ0) is 12.8. The molecule has 0 aliphatic carbocycles. The van der Waals surface area contributed by atoms with Crippen molar-refractivity contribution in [1.82, 2.24) is 4.90 Å². The van der Waals surface area contributed by atoms with Crippen molar-refractivity contribution in [3.05, 3.63) is 22.4 Å². The van der Waals surface area contributed by atoms with E-state index in [0.717, 1.165) is 4.88 Å². The van der Waals surface area contributed by atoms with Crippen LogP contribution in [0.2, 0.25) is 0 Å². The zero-order valence-electron chi connectivity index (χ0n) is 10.3. The van der Waals surface area contributed by atoms with Gasteiger partial charge >= 0.3 is 5.97 Å². The Morgan fingerprint density at radius 2 is 2.24 bits per heavy atom. The van der Waals surface area contributed by atoms with Gasteiger partial charge in [0.1, 0.15) is 0 Å². The quantitative estimate of drug-likeness (QED) is 0.750. The lowest BCUT2D eigenvalue weighted by Gasteiger charge is -2.20. The highest BCUT2D eigenvalue weighted by molar-refractivity contribution is 7.10. The smallest absolute Gasteiger partial charge is 0.310 e. The first-order chi connectivity index (χ1) is 8.04. The lowest BCUT2D eigenvalue weighted by molar-refractivity contribution is -0.146. The van der Waals surface area contributed by atoms with Crippen LogP contribution in [0, 0.1) is 5.92 Å². The molecule has 0 aliphatic heterocycles. The predicted octanol–water partition coefficient (Wildman–Crippen LogP) is 1.56. The molecule has 94 valence electrons. The van der Waals surface area contributed by atoms with E-state index in [0.29, 0.717) is 13.0 Å².